The lowest BCUT2D eigenvalue weighted by atomic mass is 10.1. The molecule has 4 aromatic rings. The Balaban J connectivity index is 1.27. The molecule has 1 amide bonds. The van der Waals surface area contributed by atoms with Crippen LogP contribution in [0.25, 0.3) is 16.6 Å². The molecule has 2 aliphatic heterocycles. The number of nitrogens with one attached hydrogen (secondary N) is 2. The predicted octanol–water partition coefficient (Wildman–Crippen LogP) is 1.58. The van der Waals surface area contributed by atoms with Gasteiger partial charge in [-0.3, -0.25) is 19.4 Å². The minimum atomic E-state index is -0.219. The van der Waals surface area contributed by atoms with Crippen molar-refractivity contribution in [3.05, 3.63) is 47.7 Å². The van der Waals surface area contributed by atoms with E-state index in [-0.39, 0.29) is 5.91 Å². The number of rotatable bonds is 4. The van der Waals surface area contributed by atoms with Crippen LogP contribution in [0, 0.1) is 13.8 Å². The summed E-state index contributed by atoms with van der Waals surface area (Å²) in [5.74, 6) is 0.276. The van der Waals surface area contributed by atoms with Gasteiger partial charge in [-0.1, -0.05) is 0 Å². The first-order valence-electron chi connectivity index (χ1n) is 11.8. The van der Waals surface area contributed by atoms with Crippen LogP contribution in [-0.2, 0) is 7.05 Å². The lowest BCUT2D eigenvalue weighted by Crippen LogP contribution is -2.61. The van der Waals surface area contributed by atoms with E-state index in [4.69, 9.17) is 0 Å². The highest BCUT2D eigenvalue weighted by molar-refractivity contribution is 6.13. The molecule has 6 rings (SSSR count). The van der Waals surface area contributed by atoms with Crippen molar-refractivity contribution in [2.24, 2.45) is 7.05 Å². The molecule has 176 valence electrons. The molecule has 2 saturated heterocycles. The van der Waals surface area contributed by atoms with E-state index in [2.05, 4.69) is 41.6 Å². The third-order valence-electron chi connectivity index (χ3n) is 6.91. The Morgan fingerprint density at radius 2 is 1.85 bits per heavy atom. The number of fused-ring (bicyclic) bond motifs is 2. The van der Waals surface area contributed by atoms with E-state index in [9.17, 15) is 4.79 Å². The molecular weight excluding hydrogens is 430 g/mol. The topological polar surface area (TPSA) is 95.6 Å². The molecule has 10 nitrogen and oxygen atoms in total. The summed E-state index contributed by atoms with van der Waals surface area (Å²) in [6.45, 7) is 10.1. The number of hydrogen-bond acceptors (Lipinski definition) is 7. The van der Waals surface area contributed by atoms with Gasteiger partial charge >= 0.3 is 0 Å². The molecule has 5 heterocycles. The molecule has 34 heavy (non-hydrogen) atoms. The second-order valence-electron chi connectivity index (χ2n) is 9.31. The number of carbonyl (C=O) groups excluding carboxylic acids is 1. The number of carbonyl (C=O) groups is 1. The van der Waals surface area contributed by atoms with Crippen molar-refractivity contribution in [3.63, 3.8) is 0 Å². The molecule has 0 atom stereocenters. The Labute approximate surface area is 197 Å². The summed E-state index contributed by atoms with van der Waals surface area (Å²) in [6.07, 6.45) is 5.72. The molecule has 0 saturated carbocycles. The van der Waals surface area contributed by atoms with E-state index in [1.54, 1.807) is 4.68 Å². The maximum atomic E-state index is 13.3. The van der Waals surface area contributed by atoms with E-state index in [0.29, 0.717) is 22.9 Å². The van der Waals surface area contributed by atoms with Crippen LogP contribution in [0.15, 0.2) is 30.7 Å². The first-order valence-corrected chi connectivity index (χ1v) is 11.8. The zero-order valence-corrected chi connectivity index (χ0v) is 19.7. The van der Waals surface area contributed by atoms with Crippen molar-refractivity contribution in [2.45, 2.75) is 19.9 Å². The monoisotopic (exact) mass is 459 g/mol. The molecule has 1 aromatic carbocycles. The maximum absolute atomic E-state index is 13.3. The average molecular weight is 460 g/mol. The number of benzene rings is 1. The molecule has 0 radical (unpaired) electrons. The van der Waals surface area contributed by atoms with Gasteiger partial charge in [0, 0.05) is 75.8 Å². The lowest BCUT2D eigenvalue weighted by Gasteiger charge is -2.44. The molecule has 3 aromatic heterocycles. The Hall–Kier alpha value is -3.50. The van der Waals surface area contributed by atoms with Gasteiger partial charge in [0.2, 0.25) is 0 Å². The zero-order chi connectivity index (χ0) is 23.4. The minimum Gasteiger partial charge on any atom is -0.368 e. The molecular formula is C24H29N9O. The molecule has 10 heteroatoms. The number of hydrogen-bond donors (Lipinski definition) is 2. The van der Waals surface area contributed by atoms with Crippen LogP contribution in [0.5, 0.6) is 0 Å². The standard InChI is InChI=1S/C24H29N9O/c1-15-12-33-14-21(27-23(33)16(2)26-15)28-24(34)18-4-5-20(19-13-30(3)29-22(18)19)32-8-6-31(7-9-32)17-10-25-11-17/h4-5,12-14,17,25H,6-11H2,1-3H3,(H,28,34). The summed E-state index contributed by atoms with van der Waals surface area (Å²) in [6, 6.07) is 4.62. The molecule has 2 fully saturated rings. The van der Waals surface area contributed by atoms with Gasteiger partial charge in [0.05, 0.1) is 23.1 Å². The second-order valence-corrected chi connectivity index (χ2v) is 9.31. The van der Waals surface area contributed by atoms with Crippen LogP contribution >= 0.6 is 0 Å². The van der Waals surface area contributed by atoms with Crippen molar-refractivity contribution < 1.29 is 4.79 Å². The van der Waals surface area contributed by atoms with E-state index in [0.717, 1.165) is 67.4 Å². The molecule has 0 unspecified atom stereocenters. The Kier molecular flexibility index (Phi) is 5.00. The van der Waals surface area contributed by atoms with E-state index in [1.807, 2.05) is 50.0 Å². The van der Waals surface area contributed by atoms with Crippen molar-refractivity contribution in [1.29, 1.82) is 0 Å². The van der Waals surface area contributed by atoms with Crippen LogP contribution < -0.4 is 15.5 Å². The fourth-order valence-electron chi connectivity index (χ4n) is 5.07. The predicted molar refractivity (Wildman–Crippen MR) is 132 cm³/mol. The first-order chi connectivity index (χ1) is 16.5. The smallest absolute Gasteiger partial charge is 0.259 e. The number of aryl methyl sites for hydroxylation is 3. The molecule has 0 spiro atoms. The first kappa shape index (κ1) is 21.1. The Bertz CT molecular complexity index is 1390. The summed E-state index contributed by atoms with van der Waals surface area (Å²) in [7, 11) is 1.90. The van der Waals surface area contributed by atoms with Gasteiger partial charge in [0.1, 0.15) is 5.52 Å². The van der Waals surface area contributed by atoms with Crippen LogP contribution in [0.3, 0.4) is 0 Å². The van der Waals surface area contributed by atoms with Gasteiger partial charge in [-0.05, 0) is 26.0 Å². The molecule has 0 aliphatic carbocycles. The third kappa shape index (κ3) is 3.59. The highest BCUT2D eigenvalue weighted by atomic mass is 16.1. The number of nitrogens with zero attached hydrogens (tertiary/aromatic N) is 7. The Morgan fingerprint density at radius 1 is 1.06 bits per heavy atom. The normalized spacial score (nSPS) is 17.4. The van der Waals surface area contributed by atoms with Gasteiger partial charge in [-0.25, -0.2) is 4.98 Å². The number of amides is 1. The summed E-state index contributed by atoms with van der Waals surface area (Å²) >= 11 is 0. The minimum absolute atomic E-state index is 0.219. The van der Waals surface area contributed by atoms with Crippen molar-refractivity contribution in [3.8, 4) is 0 Å². The van der Waals surface area contributed by atoms with Gasteiger partial charge < -0.3 is 19.9 Å². The average Bonchev–Trinajstić information content (AvgIpc) is 3.35. The van der Waals surface area contributed by atoms with E-state index < -0.39 is 0 Å². The second kappa shape index (κ2) is 8.07. The fourth-order valence-corrected chi connectivity index (χ4v) is 5.07. The number of aromatic nitrogens is 5. The highest BCUT2D eigenvalue weighted by Crippen LogP contribution is 2.30. The Morgan fingerprint density at radius 3 is 2.59 bits per heavy atom. The molecule has 0 bridgehead atoms. The lowest BCUT2D eigenvalue weighted by molar-refractivity contribution is 0.102. The van der Waals surface area contributed by atoms with Crippen molar-refractivity contribution in [2.75, 3.05) is 49.5 Å². The van der Waals surface area contributed by atoms with E-state index in [1.165, 1.54) is 0 Å². The van der Waals surface area contributed by atoms with Crippen LogP contribution in [-0.4, -0.2) is 80.3 Å². The van der Waals surface area contributed by atoms with Crippen LogP contribution in [0.2, 0.25) is 0 Å². The summed E-state index contributed by atoms with van der Waals surface area (Å²) in [5.41, 5.74) is 4.84. The number of piperazine rings is 1. The highest BCUT2D eigenvalue weighted by Gasteiger charge is 2.29. The SMILES string of the molecule is Cc1cn2cc(NC(=O)c3ccc(N4CCN(C5CNC5)CC4)c4cn(C)nc34)nc2c(C)n1. The van der Waals surface area contributed by atoms with Gasteiger partial charge in [0.25, 0.3) is 5.91 Å². The van der Waals surface area contributed by atoms with Gasteiger partial charge in [-0.2, -0.15) is 5.10 Å². The van der Waals surface area contributed by atoms with Crippen molar-refractivity contribution in [1.82, 2.24) is 34.4 Å². The zero-order valence-electron chi connectivity index (χ0n) is 19.7. The summed E-state index contributed by atoms with van der Waals surface area (Å²) in [5, 5.41) is 12.0. The van der Waals surface area contributed by atoms with Gasteiger partial charge in [0.15, 0.2) is 11.5 Å². The van der Waals surface area contributed by atoms with Gasteiger partial charge in [-0.15, -0.1) is 0 Å². The fraction of sp³-hybridized carbons (Fsp3) is 0.417. The molecule has 2 aliphatic rings. The third-order valence-corrected chi connectivity index (χ3v) is 6.91. The van der Waals surface area contributed by atoms with Crippen molar-refractivity contribution >= 4 is 34.0 Å². The summed E-state index contributed by atoms with van der Waals surface area (Å²) < 4.78 is 3.68. The quantitative estimate of drug-likeness (QED) is 0.478. The van der Waals surface area contributed by atoms with E-state index >= 15 is 0 Å². The number of anilines is 2. The molecule has 2 N–H and O–H groups in total. The van der Waals surface area contributed by atoms with Crippen LogP contribution in [0.4, 0.5) is 11.5 Å². The number of imidazole rings is 1. The largest absolute Gasteiger partial charge is 0.368 e. The maximum Gasteiger partial charge on any atom is 0.259 e. The van der Waals surface area contributed by atoms with Crippen LogP contribution in [0.1, 0.15) is 21.7 Å². The summed E-state index contributed by atoms with van der Waals surface area (Å²) in [4.78, 5) is 27.2.